The van der Waals surface area contributed by atoms with E-state index in [0.717, 1.165) is 17.1 Å². The molecule has 1 aromatic heterocycles. The minimum Gasteiger partial charge on any atom is -0.376 e. The third kappa shape index (κ3) is 4.18. The summed E-state index contributed by atoms with van der Waals surface area (Å²) in [6, 6.07) is 60.3. The van der Waals surface area contributed by atoms with Crippen LogP contribution in [0.4, 0.5) is 28.4 Å². The Bertz CT molecular complexity index is 2540. The number of hydrogen-bond donors (Lipinski definition) is 0. The van der Waals surface area contributed by atoms with Crippen LogP contribution in [0.3, 0.4) is 0 Å². The van der Waals surface area contributed by atoms with Gasteiger partial charge in [0.2, 0.25) is 0 Å². The molecule has 238 valence electrons. The highest BCUT2D eigenvalue weighted by Crippen LogP contribution is 2.48. The Hall–Kier alpha value is -6.00. The molecule has 10 rings (SSSR count). The van der Waals surface area contributed by atoms with E-state index in [1.807, 2.05) is 0 Å². The standard InChI is InChI=1S/C46H36BN3/c1-46(2,3)31-28-39-37-27-26-35(48(32-16-7-4-8-17-32)33-18-9-5-10-19-33)30-42(37)50(34-20-11-6-12-21-34)47-40-24-15-23-38-36-22-13-14-25-41(36)49(45(38)40)43(29-31)44(39)47/h4-30H,1-3H3. The van der Waals surface area contributed by atoms with Crippen LogP contribution in [0, 0.1) is 0 Å². The normalized spacial score (nSPS) is 13.0. The van der Waals surface area contributed by atoms with E-state index in [9.17, 15) is 0 Å². The molecule has 0 saturated heterocycles. The minimum absolute atomic E-state index is 0.0124. The number of rotatable bonds is 4. The van der Waals surface area contributed by atoms with Gasteiger partial charge in [0.15, 0.2) is 0 Å². The Morgan fingerprint density at radius 2 is 1.16 bits per heavy atom. The van der Waals surface area contributed by atoms with E-state index in [0.29, 0.717) is 0 Å². The second kappa shape index (κ2) is 10.8. The van der Waals surface area contributed by atoms with E-state index in [2.05, 4.69) is 199 Å². The Balaban J connectivity index is 1.33. The molecule has 0 atom stereocenters. The number of fused-ring (bicyclic) bond motifs is 7. The van der Waals surface area contributed by atoms with Crippen molar-refractivity contribution in [1.29, 1.82) is 0 Å². The second-order valence-electron chi connectivity index (χ2n) is 14.6. The molecule has 50 heavy (non-hydrogen) atoms. The maximum atomic E-state index is 2.60. The minimum atomic E-state index is -0.0336. The highest BCUT2D eigenvalue weighted by molar-refractivity contribution is 6.93. The predicted octanol–water partition coefficient (Wildman–Crippen LogP) is 10.8. The molecule has 0 N–H and O–H groups in total. The third-order valence-corrected chi connectivity index (χ3v) is 10.7. The summed E-state index contributed by atoms with van der Waals surface area (Å²) in [6.45, 7) is 6.99. The van der Waals surface area contributed by atoms with Gasteiger partial charge in [0.05, 0.1) is 11.0 Å². The van der Waals surface area contributed by atoms with Gasteiger partial charge in [-0.3, -0.25) is 0 Å². The van der Waals surface area contributed by atoms with Gasteiger partial charge in [0.1, 0.15) is 0 Å². The highest BCUT2D eigenvalue weighted by atomic mass is 15.2. The fraction of sp³-hybridized carbons (Fsp3) is 0.0870. The van der Waals surface area contributed by atoms with Crippen molar-refractivity contribution in [2.24, 2.45) is 0 Å². The van der Waals surface area contributed by atoms with Gasteiger partial charge < -0.3 is 14.3 Å². The average Bonchev–Trinajstić information content (AvgIpc) is 3.49. The molecular weight excluding hydrogens is 605 g/mol. The molecule has 0 radical (unpaired) electrons. The molecular formula is C46H36BN3. The van der Waals surface area contributed by atoms with Crippen molar-refractivity contribution in [2.45, 2.75) is 26.2 Å². The van der Waals surface area contributed by atoms with Crippen molar-refractivity contribution in [3.63, 3.8) is 0 Å². The summed E-state index contributed by atoms with van der Waals surface area (Å²) in [7, 11) is 0. The largest absolute Gasteiger partial charge is 0.376 e. The molecule has 3 nitrogen and oxygen atoms in total. The van der Waals surface area contributed by atoms with Crippen molar-refractivity contribution >= 4 is 68.0 Å². The van der Waals surface area contributed by atoms with Gasteiger partial charge in [-0.25, -0.2) is 0 Å². The molecule has 0 amide bonds. The summed E-state index contributed by atoms with van der Waals surface area (Å²) in [5.74, 6) is 0. The van der Waals surface area contributed by atoms with Crippen LogP contribution in [0.1, 0.15) is 26.3 Å². The first-order chi connectivity index (χ1) is 24.5. The highest BCUT2D eigenvalue weighted by Gasteiger charge is 2.44. The summed E-state index contributed by atoms with van der Waals surface area (Å²) in [5, 5.41) is 2.60. The molecule has 3 heterocycles. The Labute approximate surface area is 293 Å². The number of hydrogen-bond acceptors (Lipinski definition) is 2. The predicted molar refractivity (Wildman–Crippen MR) is 213 cm³/mol. The Kier molecular flexibility index (Phi) is 6.23. The van der Waals surface area contributed by atoms with Crippen LogP contribution in [0.2, 0.25) is 0 Å². The summed E-state index contributed by atoms with van der Waals surface area (Å²) < 4.78 is 2.56. The molecule has 0 unspecified atom stereocenters. The number of para-hydroxylation sites is 5. The zero-order chi connectivity index (χ0) is 33.6. The van der Waals surface area contributed by atoms with E-state index in [4.69, 9.17) is 0 Å². The maximum absolute atomic E-state index is 2.60. The van der Waals surface area contributed by atoms with Crippen molar-refractivity contribution in [3.05, 3.63) is 169 Å². The molecule has 0 spiro atoms. The lowest BCUT2D eigenvalue weighted by atomic mass is 9.43. The first kappa shape index (κ1) is 29.0. The smallest absolute Gasteiger partial charge is 0.333 e. The van der Waals surface area contributed by atoms with Gasteiger partial charge in [0.25, 0.3) is 0 Å². The molecule has 0 fully saturated rings. The fourth-order valence-electron chi connectivity index (χ4n) is 8.41. The van der Waals surface area contributed by atoms with Crippen molar-refractivity contribution in [3.8, 4) is 16.8 Å². The van der Waals surface area contributed by atoms with Gasteiger partial charge in [-0.2, -0.15) is 0 Å². The number of aromatic nitrogens is 1. The lowest BCUT2D eigenvalue weighted by Crippen LogP contribution is -2.60. The fourth-order valence-corrected chi connectivity index (χ4v) is 8.41. The van der Waals surface area contributed by atoms with E-state index < -0.39 is 0 Å². The topological polar surface area (TPSA) is 11.4 Å². The lowest BCUT2D eigenvalue weighted by molar-refractivity contribution is 0.590. The van der Waals surface area contributed by atoms with Crippen LogP contribution >= 0.6 is 0 Å². The summed E-state index contributed by atoms with van der Waals surface area (Å²) >= 11 is 0. The van der Waals surface area contributed by atoms with Crippen molar-refractivity contribution < 1.29 is 0 Å². The van der Waals surface area contributed by atoms with E-state index in [-0.39, 0.29) is 12.3 Å². The van der Waals surface area contributed by atoms with Crippen LogP contribution in [0.25, 0.3) is 38.6 Å². The van der Waals surface area contributed by atoms with E-state index in [1.54, 1.807) is 0 Å². The molecule has 7 aromatic carbocycles. The third-order valence-electron chi connectivity index (χ3n) is 10.7. The summed E-state index contributed by atoms with van der Waals surface area (Å²) in [6.07, 6.45) is 0. The lowest BCUT2D eigenvalue weighted by Gasteiger charge is -2.43. The van der Waals surface area contributed by atoms with Gasteiger partial charge in [-0.15, -0.1) is 0 Å². The SMILES string of the molecule is CC(C)(C)c1cc2c3c(c1)-n1c4ccccc4c4cccc(c41)B3N(c1ccccc1)c1cc(N(c3ccccc3)c3ccccc3)ccc1-2. The molecule has 4 heteroatoms. The monoisotopic (exact) mass is 641 g/mol. The first-order valence-electron chi connectivity index (χ1n) is 17.6. The van der Waals surface area contributed by atoms with Crippen LogP contribution in [-0.2, 0) is 5.41 Å². The maximum Gasteiger partial charge on any atom is 0.333 e. The quantitative estimate of drug-likeness (QED) is 0.177. The molecule has 0 saturated carbocycles. The number of anilines is 5. The van der Waals surface area contributed by atoms with Gasteiger partial charge >= 0.3 is 6.85 Å². The van der Waals surface area contributed by atoms with E-state index in [1.165, 1.54) is 66.5 Å². The summed E-state index contributed by atoms with van der Waals surface area (Å²) in [4.78, 5) is 4.97. The molecule has 2 aliphatic rings. The van der Waals surface area contributed by atoms with Gasteiger partial charge in [-0.1, -0.05) is 124 Å². The van der Waals surface area contributed by atoms with Crippen LogP contribution in [-0.4, -0.2) is 11.4 Å². The van der Waals surface area contributed by atoms with Crippen molar-refractivity contribution in [2.75, 3.05) is 9.71 Å². The Morgan fingerprint density at radius 1 is 0.520 bits per heavy atom. The Morgan fingerprint density at radius 3 is 1.86 bits per heavy atom. The van der Waals surface area contributed by atoms with Gasteiger partial charge in [0, 0.05) is 50.5 Å². The zero-order valence-corrected chi connectivity index (χ0v) is 28.5. The number of nitrogens with zero attached hydrogens (tertiary/aromatic N) is 3. The number of benzene rings is 7. The second-order valence-corrected chi connectivity index (χ2v) is 14.6. The summed E-state index contributed by atoms with van der Waals surface area (Å²) in [5.41, 5.74) is 16.2. The average molecular weight is 642 g/mol. The molecule has 0 aliphatic carbocycles. The van der Waals surface area contributed by atoms with Crippen LogP contribution in [0.15, 0.2) is 164 Å². The van der Waals surface area contributed by atoms with Crippen molar-refractivity contribution in [1.82, 2.24) is 4.57 Å². The molecule has 0 bridgehead atoms. The van der Waals surface area contributed by atoms with Crippen LogP contribution < -0.4 is 20.6 Å². The van der Waals surface area contributed by atoms with E-state index >= 15 is 0 Å². The zero-order valence-electron chi connectivity index (χ0n) is 28.5. The molecule has 8 aromatic rings. The first-order valence-corrected chi connectivity index (χ1v) is 17.6. The van der Waals surface area contributed by atoms with Crippen LogP contribution in [0.5, 0.6) is 0 Å². The molecule has 2 aliphatic heterocycles. The van der Waals surface area contributed by atoms with Gasteiger partial charge in [-0.05, 0) is 88.1 Å².